The van der Waals surface area contributed by atoms with Gasteiger partial charge in [0.15, 0.2) is 0 Å². The fourth-order valence-electron chi connectivity index (χ4n) is 1.60. The zero-order valence-electron chi connectivity index (χ0n) is 11.6. The van der Waals surface area contributed by atoms with Crippen LogP contribution in [-0.4, -0.2) is 30.0 Å². The number of carbonyl (C=O) groups excluding carboxylic acids is 2. The Morgan fingerprint density at radius 3 is 2.23 bits per heavy atom. The summed E-state index contributed by atoms with van der Waals surface area (Å²) in [6.45, 7) is -0.438. The van der Waals surface area contributed by atoms with Crippen LogP contribution in [0.5, 0.6) is 0 Å². The van der Waals surface area contributed by atoms with Crippen molar-refractivity contribution < 1.29 is 14.3 Å². The molecule has 0 aliphatic rings. The van der Waals surface area contributed by atoms with E-state index in [4.69, 9.17) is 16.3 Å². The molecular formula is C15H14ClN3O3. The van der Waals surface area contributed by atoms with Gasteiger partial charge in [-0.1, -0.05) is 11.6 Å². The van der Waals surface area contributed by atoms with Gasteiger partial charge in [0.2, 0.25) is 11.8 Å². The minimum Gasteiger partial charge on any atom is -0.362 e. The number of hydrogen-bond donors (Lipinski definition) is 2. The highest BCUT2D eigenvalue weighted by Gasteiger charge is 2.06. The average Bonchev–Trinajstić information content (AvgIpc) is 2.50. The molecule has 2 rings (SSSR count). The van der Waals surface area contributed by atoms with Gasteiger partial charge in [0.25, 0.3) is 0 Å². The normalized spacial score (nSPS) is 10.0. The third-order valence-corrected chi connectivity index (χ3v) is 2.79. The molecule has 0 unspecified atom stereocenters. The Bertz CT molecular complexity index is 632. The van der Waals surface area contributed by atoms with Gasteiger partial charge < -0.3 is 15.4 Å². The Morgan fingerprint density at radius 1 is 1.00 bits per heavy atom. The lowest BCUT2D eigenvalue weighted by Crippen LogP contribution is -2.23. The molecular weight excluding hydrogens is 306 g/mol. The Hall–Kier alpha value is -2.44. The van der Waals surface area contributed by atoms with E-state index in [1.165, 1.54) is 6.20 Å². The largest absolute Gasteiger partial charge is 0.362 e. The van der Waals surface area contributed by atoms with Crippen molar-refractivity contribution >= 4 is 34.8 Å². The predicted octanol–water partition coefficient (Wildman–Crippen LogP) is 2.33. The van der Waals surface area contributed by atoms with Crippen molar-refractivity contribution in [2.24, 2.45) is 0 Å². The summed E-state index contributed by atoms with van der Waals surface area (Å²) >= 11 is 5.75. The van der Waals surface area contributed by atoms with Crippen molar-refractivity contribution in [3.05, 3.63) is 53.8 Å². The van der Waals surface area contributed by atoms with Gasteiger partial charge in [0, 0.05) is 16.9 Å². The molecule has 2 amide bonds. The van der Waals surface area contributed by atoms with E-state index in [2.05, 4.69) is 15.6 Å². The van der Waals surface area contributed by atoms with Crippen LogP contribution in [0.25, 0.3) is 0 Å². The minimum atomic E-state index is -0.354. The molecule has 2 N–H and O–H groups in total. The van der Waals surface area contributed by atoms with Crippen molar-refractivity contribution in [2.45, 2.75) is 0 Å². The summed E-state index contributed by atoms with van der Waals surface area (Å²) in [5, 5.41) is 5.81. The molecule has 0 fully saturated rings. The maximum atomic E-state index is 11.6. The van der Waals surface area contributed by atoms with Gasteiger partial charge in [-0.25, -0.2) is 0 Å². The summed E-state index contributed by atoms with van der Waals surface area (Å²) in [5.41, 5.74) is 1.18. The number of rotatable bonds is 6. The number of carbonyl (C=O) groups is 2. The molecule has 114 valence electrons. The number of nitrogens with zero attached hydrogens (tertiary/aromatic N) is 1. The third-order valence-electron chi connectivity index (χ3n) is 2.54. The molecule has 0 atom stereocenters. The van der Waals surface area contributed by atoms with Gasteiger partial charge in [-0.3, -0.25) is 14.6 Å². The van der Waals surface area contributed by atoms with Gasteiger partial charge in [-0.05, 0) is 36.4 Å². The number of ether oxygens (including phenoxy) is 1. The van der Waals surface area contributed by atoms with Crippen LogP contribution in [0.1, 0.15) is 0 Å². The maximum absolute atomic E-state index is 11.6. The molecule has 0 aliphatic carbocycles. The number of pyridine rings is 1. The number of nitrogens with one attached hydrogen (secondary N) is 2. The molecule has 6 nitrogen and oxygen atoms in total. The van der Waals surface area contributed by atoms with E-state index >= 15 is 0 Å². The van der Waals surface area contributed by atoms with Crippen molar-refractivity contribution in [1.82, 2.24) is 4.98 Å². The van der Waals surface area contributed by atoms with Crippen molar-refractivity contribution in [3.63, 3.8) is 0 Å². The van der Waals surface area contributed by atoms with Gasteiger partial charge in [0.05, 0.1) is 11.9 Å². The van der Waals surface area contributed by atoms with Crippen LogP contribution >= 0.6 is 11.6 Å². The van der Waals surface area contributed by atoms with Crippen LogP contribution < -0.4 is 10.6 Å². The second kappa shape index (κ2) is 8.11. The predicted molar refractivity (Wildman–Crippen MR) is 83.8 cm³/mol. The molecule has 0 saturated heterocycles. The van der Waals surface area contributed by atoms with Gasteiger partial charge in [-0.15, -0.1) is 0 Å². The quantitative estimate of drug-likeness (QED) is 0.856. The molecule has 1 aromatic carbocycles. The summed E-state index contributed by atoms with van der Waals surface area (Å²) in [7, 11) is 0. The Morgan fingerprint density at radius 2 is 1.64 bits per heavy atom. The molecule has 0 spiro atoms. The molecule has 22 heavy (non-hydrogen) atoms. The highest BCUT2D eigenvalue weighted by molar-refractivity contribution is 6.30. The lowest BCUT2D eigenvalue weighted by atomic mass is 10.3. The second-order valence-electron chi connectivity index (χ2n) is 4.34. The highest BCUT2D eigenvalue weighted by Crippen LogP contribution is 2.13. The van der Waals surface area contributed by atoms with Gasteiger partial charge in [0.1, 0.15) is 13.2 Å². The molecule has 2 aromatic rings. The first-order valence-corrected chi connectivity index (χ1v) is 6.84. The summed E-state index contributed by atoms with van der Waals surface area (Å²) in [6.07, 6.45) is 3.12. The lowest BCUT2D eigenvalue weighted by Gasteiger charge is -2.07. The Balaban J connectivity index is 1.68. The molecule has 0 aliphatic heterocycles. The first-order chi connectivity index (χ1) is 10.6. The van der Waals surface area contributed by atoms with E-state index in [0.29, 0.717) is 16.4 Å². The SMILES string of the molecule is O=C(COCC(=O)Nc1cccnc1)Nc1ccc(Cl)cc1. The topological polar surface area (TPSA) is 80.3 Å². The number of hydrogen-bond acceptors (Lipinski definition) is 4. The first kappa shape index (κ1) is 15.9. The number of halogens is 1. The lowest BCUT2D eigenvalue weighted by molar-refractivity contribution is -0.125. The van der Waals surface area contributed by atoms with Crippen LogP contribution in [0.15, 0.2) is 48.8 Å². The van der Waals surface area contributed by atoms with E-state index < -0.39 is 0 Å². The van der Waals surface area contributed by atoms with Gasteiger partial charge >= 0.3 is 0 Å². The van der Waals surface area contributed by atoms with Crippen LogP contribution in [0.4, 0.5) is 11.4 Å². The summed E-state index contributed by atoms with van der Waals surface area (Å²) < 4.78 is 5.05. The van der Waals surface area contributed by atoms with E-state index in [-0.39, 0.29) is 25.0 Å². The van der Waals surface area contributed by atoms with Crippen molar-refractivity contribution in [1.29, 1.82) is 0 Å². The molecule has 0 radical (unpaired) electrons. The third kappa shape index (κ3) is 5.51. The maximum Gasteiger partial charge on any atom is 0.250 e. The van der Waals surface area contributed by atoms with Crippen molar-refractivity contribution in [3.8, 4) is 0 Å². The smallest absolute Gasteiger partial charge is 0.250 e. The van der Waals surface area contributed by atoms with E-state index in [1.807, 2.05) is 0 Å². The summed E-state index contributed by atoms with van der Waals surface area (Å²) in [6, 6.07) is 10.1. The zero-order chi connectivity index (χ0) is 15.8. The highest BCUT2D eigenvalue weighted by atomic mass is 35.5. The summed E-state index contributed by atoms with van der Waals surface area (Å²) in [5.74, 6) is -0.705. The van der Waals surface area contributed by atoms with E-state index in [1.54, 1.807) is 42.6 Å². The molecule has 0 saturated carbocycles. The van der Waals surface area contributed by atoms with Crippen LogP contribution in [0.2, 0.25) is 5.02 Å². The Labute approximate surface area is 132 Å². The number of amides is 2. The van der Waals surface area contributed by atoms with E-state index in [0.717, 1.165) is 0 Å². The molecule has 0 bridgehead atoms. The first-order valence-electron chi connectivity index (χ1n) is 6.46. The van der Waals surface area contributed by atoms with E-state index in [9.17, 15) is 9.59 Å². The number of benzene rings is 1. The minimum absolute atomic E-state index is 0.219. The van der Waals surface area contributed by atoms with Crippen molar-refractivity contribution in [2.75, 3.05) is 23.8 Å². The van der Waals surface area contributed by atoms with Crippen LogP contribution in [0.3, 0.4) is 0 Å². The summed E-state index contributed by atoms with van der Waals surface area (Å²) in [4.78, 5) is 27.1. The number of aromatic nitrogens is 1. The second-order valence-corrected chi connectivity index (χ2v) is 4.77. The molecule has 1 aromatic heterocycles. The molecule has 1 heterocycles. The monoisotopic (exact) mass is 319 g/mol. The van der Waals surface area contributed by atoms with Gasteiger partial charge in [-0.2, -0.15) is 0 Å². The fourth-order valence-corrected chi connectivity index (χ4v) is 1.73. The Kier molecular flexibility index (Phi) is 5.88. The number of anilines is 2. The van der Waals surface area contributed by atoms with Crippen LogP contribution in [0, 0.1) is 0 Å². The fraction of sp³-hybridized carbons (Fsp3) is 0.133. The molecule has 7 heteroatoms. The van der Waals surface area contributed by atoms with Crippen LogP contribution in [-0.2, 0) is 14.3 Å². The average molecular weight is 320 g/mol. The zero-order valence-corrected chi connectivity index (χ0v) is 12.3. The standard InChI is InChI=1S/C15H14ClN3O3/c16-11-3-5-12(6-4-11)18-14(20)9-22-10-15(21)19-13-2-1-7-17-8-13/h1-8H,9-10H2,(H,18,20)(H,19,21).